The minimum atomic E-state index is -0.155. The van der Waals surface area contributed by atoms with E-state index in [1.165, 1.54) is 21.3 Å². The highest BCUT2D eigenvalue weighted by molar-refractivity contribution is 5.95. The SMILES string of the molecule is COc1cc(C(=O)NC2CCC(Nc3nccc(N(C)C)n3)CC2)cc(OC)c1OC. The molecule has 9 nitrogen and oxygen atoms in total. The van der Waals surface area contributed by atoms with Gasteiger partial charge in [0.25, 0.3) is 5.91 Å². The number of aromatic nitrogens is 2. The van der Waals surface area contributed by atoms with E-state index in [-0.39, 0.29) is 18.0 Å². The number of hydrogen-bond acceptors (Lipinski definition) is 8. The monoisotopic (exact) mass is 429 g/mol. The number of rotatable bonds is 8. The molecule has 1 amide bonds. The number of benzene rings is 1. The maximum absolute atomic E-state index is 12.8. The van der Waals surface area contributed by atoms with E-state index in [1.54, 1.807) is 18.3 Å². The van der Waals surface area contributed by atoms with E-state index >= 15 is 0 Å². The first-order chi connectivity index (χ1) is 14.9. The lowest BCUT2D eigenvalue weighted by molar-refractivity contribution is 0.0925. The zero-order valence-electron chi connectivity index (χ0n) is 18.8. The Kier molecular flexibility index (Phi) is 7.38. The van der Waals surface area contributed by atoms with Crippen LogP contribution in [-0.2, 0) is 0 Å². The molecule has 0 aliphatic heterocycles. The maximum atomic E-state index is 12.8. The molecule has 0 bridgehead atoms. The molecule has 168 valence electrons. The predicted molar refractivity (Wildman–Crippen MR) is 120 cm³/mol. The van der Waals surface area contributed by atoms with E-state index in [4.69, 9.17) is 14.2 Å². The van der Waals surface area contributed by atoms with Crippen molar-refractivity contribution in [3.63, 3.8) is 0 Å². The van der Waals surface area contributed by atoms with Gasteiger partial charge >= 0.3 is 0 Å². The summed E-state index contributed by atoms with van der Waals surface area (Å²) in [4.78, 5) is 23.6. The van der Waals surface area contributed by atoms with Crippen LogP contribution in [0.4, 0.5) is 11.8 Å². The summed E-state index contributed by atoms with van der Waals surface area (Å²) in [6, 6.07) is 5.60. The second-order valence-electron chi connectivity index (χ2n) is 7.71. The van der Waals surface area contributed by atoms with E-state index in [0.717, 1.165) is 31.5 Å². The molecule has 1 aliphatic rings. The van der Waals surface area contributed by atoms with Gasteiger partial charge in [-0.25, -0.2) is 4.98 Å². The number of anilines is 2. The zero-order chi connectivity index (χ0) is 22.4. The normalized spacial score (nSPS) is 18.1. The van der Waals surface area contributed by atoms with Gasteiger partial charge in [0.15, 0.2) is 11.5 Å². The molecule has 1 aliphatic carbocycles. The fourth-order valence-electron chi connectivity index (χ4n) is 3.71. The van der Waals surface area contributed by atoms with Crippen LogP contribution in [0, 0.1) is 0 Å². The lowest BCUT2D eigenvalue weighted by atomic mass is 9.91. The number of methoxy groups -OCH3 is 3. The third-order valence-electron chi connectivity index (χ3n) is 5.42. The van der Waals surface area contributed by atoms with Crippen molar-refractivity contribution in [3.8, 4) is 17.2 Å². The highest BCUT2D eigenvalue weighted by atomic mass is 16.5. The molecule has 1 heterocycles. The van der Waals surface area contributed by atoms with E-state index in [2.05, 4.69) is 20.6 Å². The van der Waals surface area contributed by atoms with Crippen LogP contribution >= 0.6 is 0 Å². The van der Waals surface area contributed by atoms with Crippen LogP contribution < -0.4 is 29.7 Å². The minimum absolute atomic E-state index is 0.110. The summed E-state index contributed by atoms with van der Waals surface area (Å²) < 4.78 is 16.0. The average molecular weight is 430 g/mol. The second kappa shape index (κ2) is 10.2. The Labute approximate surface area is 183 Å². The van der Waals surface area contributed by atoms with Gasteiger partial charge in [-0.15, -0.1) is 0 Å². The van der Waals surface area contributed by atoms with Gasteiger partial charge in [0.1, 0.15) is 5.82 Å². The van der Waals surface area contributed by atoms with Crippen LogP contribution in [0.5, 0.6) is 17.2 Å². The average Bonchev–Trinajstić information content (AvgIpc) is 2.79. The Morgan fingerprint density at radius 1 is 1.00 bits per heavy atom. The van der Waals surface area contributed by atoms with Crippen LogP contribution in [0.25, 0.3) is 0 Å². The van der Waals surface area contributed by atoms with Crippen LogP contribution in [0.3, 0.4) is 0 Å². The molecule has 31 heavy (non-hydrogen) atoms. The van der Waals surface area contributed by atoms with E-state index in [1.807, 2.05) is 25.1 Å². The number of nitrogens with zero attached hydrogens (tertiary/aromatic N) is 3. The summed E-state index contributed by atoms with van der Waals surface area (Å²) in [7, 11) is 8.51. The fraction of sp³-hybridized carbons (Fsp3) is 0.500. The molecule has 9 heteroatoms. The van der Waals surface area contributed by atoms with Crippen molar-refractivity contribution in [2.24, 2.45) is 0 Å². The summed E-state index contributed by atoms with van der Waals surface area (Å²) in [6.45, 7) is 0. The number of hydrogen-bond donors (Lipinski definition) is 2. The minimum Gasteiger partial charge on any atom is -0.493 e. The Balaban J connectivity index is 1.57. The smallest absolute Gasteiger partial charge is 0.251 e. The molecule has 3 rings (SSSR count). The highest BCUT2D eigenvalue weighted by Crippen LogP contribution is 2.38. The van der Waals surface area contributed by atoms with Crippen molar-refractivity contribution >= 4 is 17.7 Å². The molecule has 0 unspecified atom stereocenters. The summed E-state index contributed by atoms with van der Waals surface area (Å²) in [6.07, 6.45) is 5.36. The van der Waals surface area contributed by atoms with Crippen LogP contribution in [0.2, 0.25) is 0 Å². The molecule has 1 fully saturated rings. The van der Waals surface area contributed by atoms with Crippen LogP contribution in [0.15, 0.2) is 24.4 Å². The van der Waals surface area contributed by atoms with Crippen molar-refractivity contribution in [2.75, 3.05) is 45.6 Å². The lowest BCUT2D eigenvalue weighted by Gasteiger charge is -2.30. The molecule has 2 aromatic rings. The summed E-state index contributed by atoms with van der Waals surface area (Å²) in [5.74, 6) is 2.73. The zero-order valence-corrected chi connectivity index (χ0v) is 18.8. The van der Waals surface area contributed by atoms with Gasteiger partial charge in [0.05, 0.1) is 21.3 Å². The van der Waals surface area contributed by atoms with Gasteiger partial charge < -0.3 is 29.7 Å². The van der Waals surface area contributed by atoms with E-state index in [0.29, 0.717) is 28.8 Å². The van der Waals surface area contributed by atoms with Gasteiger partial charge in [-0.05, 0) is 43.9 Å². The topological polar surface area (TPSA) is 97.8 Å². The number of amides is 1. The fourth-order valence-corrected chi connectivity index (χ4v) is 3.71. The Bertz CT molecular complexity index is 872. The van der Waals surface area contributed by atoms with Crippen LogP contribution in [-0.4, -0.2) is 63.4 Å². The van der Waals surface area contributed by atoms with Crippen molar-refractivity contribution in [1.82, 2.24) is 15.3 Å². The first kappa shape index (κ1) is 22.5. The summed E-state index contributed by atoms with van der Waals surface area (Å²) in [5.41, 5.74) is 0.476. The predicted octanol–water partition coefficient (Wildman–Crippen LogP) is 2.72. The summed E-state index contributed by atoms with van der Waals surface area (Å²) in [5, 5.41) is 6.54. The third kappa shape index (κ3) is 5.48. The largest absolute Gasteiger partial charge is 0.493 e. The maximum Gasteiger partial charge on any atom is 0.251 e. The lowest BCUT2D eigenvalue weighted by Crippen LogP contribution is -2.40. The van der Waals surface area contributed by atoms with Crippen molar-refractivity contribution in [2.45, 2.75) is 37.8 Å². The van der Waals surface area contributed by atoms with E-state index in [9.17, 15) is 4.79 Å². The number of nitrogens with one attached hydrogen (secondary N) is 2. The first-order valence-corrected chi connectivity index (χ1v) is 10.3. The molecular weight excluding hydrogens is 398 g/mol. The van der Waals surface area contributed by atoms with E-state index < -0.39 is 0 Å². The number of carbonyl (C=O) groups is 1. The molecule has 2 N–H and O–H groups in total. The molecule has 0 radical (unpaired) electrons. The quantitative estimate of drug-likeness (QED) is 0.661. The summed E-state index contributed by atoms with van der Waals surface area (Å²) >= 11 is 0. The molecular formula is C22H31N5O4. The molecule has 0 saturated heterocycles. The Morgan fingerprint density at radius 2 is 1.61 bits per heavy atom. The van der Waals surface area contributed by atoms with Gasteiger partial charge in [0, 0.05) is 37.9 Å². The molecule has 1 saturated carbocycles. The molecule has 0 atom stereocenters. The highest BCUT2D eigenvalue weighted by Gasteiger charge is 2.24. The van der Waals surface area contributed by atoms with Gasteiger partial charge in [-0.2, -0.15) is 4.98 Å². The van der Waals surface area contributed by atoms with Gasteiger partial charge in [0.2, 0.25) is 11.7 Å². The Hall–Kier alpha value is -3.23. The van der Waals surface area contributed by atoms with Crippen molar-refractivity contribution < 1.29 is 19.0 Å². The second-order valence-corrected chi connectivity index (χ2v) is 7.71. The van der Waals surface area contributed by atoms with Crippen LogP contribution in [0.1, 0.15) is 36.0 Å². The van der Waals surface area contributed by atoms with Crippen molar-refractivity contribution in [3.05, 3.63) is 30.0 Å². The van der Waals surface area contributed by atoms with Gasteiger partial charge in [-0.1, -0.05) is 0 Å². The van der Waals surface area contributed by atoms with Crippen molar-refractivity contribution in [1.29, 1.82) is 0 Å². The Morgan fingerprint density at radius 3 is 2.16 bits per heavy atom. The number of ether oxygens (including phenoxy) is 3. The first-order valence-electron chi connectivity index (χ1n) is 10.3. The molecule has 1 aromatic carbocycles. The third-order valence-corrected chi connectivity index (χ3v) is 5.42. The van der Waals surface area contributed by atoms with Gasteiger partial charge in [-0.3, -0.25) is 4.79 Å². The molecule has 1 aromatic heterocycles. The standard InChI is InChI=1S/C22H31N5O4/c1-27(2)19-10-11-23-22(26-19)25-16-8-6-15(7-9-16)24-21(28)14-12-17(29-3)20(31-5)18(13-14)30-4/h10-13,15-16H,6-9H2,1-5H3,(H,24,28)(H,23,25,26). The molecule has 0 spiro atoms. The number of carbonyl (C=O) groups excluding carboxylic acids is 1.